The first-order chi connectivity index (χ1) is 13.7. The summed E-state index contributed by atoms with van der Waals surface area (Å²) >= 11 is 5.56. The molecule has 2 N–H and O–H groups in total. The van der Waals surface area contributed by atoms with E-state index in [1.165, 1.54) is 11.3 Å². The van der Waals surface area contributed by atoms with E-state index in [9.17, 15) is 0 Å². The summed E-state index contributed by atoms with van der Waals surface area (Å²) in [5.74, 6) is 1.79. The summed E-state index contributed by atoms with van der Waals surface area (Å²) in [6.45, 7) is 2.38. The fourth-order valence-electron chi connectivity index (χ4n) is 3.70. The third-order valence-corrected chi connectivity index (χ3v) is 5.45. The van der Waals surface area contributed by atoms with Gasteiger partial charge in [0.25, 0.3) is 0 Å². The van der Waals surface area contributed by atoms with Crippen LogP contribution in [0.2, 0.25) is 0 Å². The predicted molar refractivity (Wildman–Crippen MR) is 113 cm³/mol. The number of aromatic nitrogens is 2. The monoisotopic (exact) mass is 395 g/mol. The topological polar surface area (TPSA) is 51.2 Å². The standard InChI is InChI=1S/C22H25N3O2S/c1-26-20-7-8-21-17(12-20)11-19(15-27-21)25-18(14-24-22(25)28)9-10-23-13-16-5-3-2-4-6-16/h2-8,12,14,19,23H,9-11,13,15H2,1H3,(H,24,28)/t19-/m1/s1. The molecule has 0 saturated heterocycles. The highest BCUT2D eigenvalue weighted by Crippen LogP contribution is 2.33. The molecule has 1 aliphatic heterocycles. The van der Waals surface area contributed by atoms with Crippen molar-refractivity contribution in [2.45, 2.75) is 25.4 Å². The van der Waals surface area contributed by atoms with Crippen LogP contribution in [0.3, 0.4) is 0 Å². The van der Waals surface area contributed by atoms with Gasteiger partial charge in [-0.25, -0.2) is 0 Å². The Labute approximate surface area is 170 Å². The fraction of sp³-hybridized carbons (Fsp3) is 0.318. The van der Waals surface area contributed by atoms with Crippen molar-refractivity contribution in [3.8, 4) is 11.5 Å². The number of ether oxygens (including phenoxy) is 2. The Kier molecular flexibility index (Phi) is 5.78. The molecule has 0 amide bonds. The highest BCUT2D eigenvalue weighted by atomic mass is 32.1. The lowest BCUT2D eigenvalue weighted by molar-refractivity contribution is 0.220. The van der Waals surface area contributed by atoms with Crippen LogP contribution in [0.4, 0.5) is 0 Å². The number of imidazole rings is 1. The molecule has 0 unspecified atom stereocenters. The number of benzene rings is 2. The normalized spacial score (nSPS) is 15.7. The Morgan fingerprint density at radius 3 is 2.93 bits per heavy atom. The maximum Gasteiger partial charge on any atom is 0.177 e. The first-order valence-electron chi connectivity index (χ1n) is 9.58. The second kappa shape index (κ2) is 8.63. The van der Waals surface area contributed by atoms with Gasteiger partial charge in [-0.1, -0.05) is 30.3 Å². The molecule has 1 aromatic heterocycles. The highest BCUT2D eigenvalue weighted by molar-refractivity contribution is 7.71. The zero-order chi connectivity index (χ0) is 19.3. The molecule has 1 aliphatic rings. The molecule has 3 aromatic rings. The minimum Gasteiger partial charge on any atom is -0.497 e. The summed E-state index contributed by atoms with van der Waals surface area (Å²) in [6.07, 6.45) is 3.80. The largest absolute Gasteiger partial charge is 0.497 e. The fourth-order valence-corrected chi connectivity index (χ4v) is 4.03. The number of aromatic amines is 1. The van der Waals surface area contributed by atoms with E-state index in [0.717, 1.165) is 47.8 Å². The van der Waals surface area contributed by atoms with Crippen molar-refractivity contribution >= 4 is 12.2 Å². The lowest BCUT2D eigenvalue weighted by atomic mass is 10.0. The molecule has 146 valence electrons. The van der Waals surface area contributed by atoms with Crippen LogP contribution in [0.25, 0.3) is 0 Å². The molecule has 2 heterocycles. The van der Waals surface area contributed by atoms with E-state index in [0.29, 0.717) is 6.61 Å². The van der Waals surface area contributed by atoms with Crippen molar-refractivity contribution in [2.24, 2.45) is 0 Å². The first kappa shape index (κ1) is 18.8. The number of H-pyrrole nitrogens is 1. The van der Waals surface area contributed by atoms with E-state index in [-0.39, 0.29) is 6.04 Å². The molecule has 0 aliphatic carbocycles. The van der Waals surface area contributed by atoms with Gasteiger partial charge in [0.2, 0.25) is 0 Å². The molecule has 0 radical (unpaired) electrons. The van der Waals surface area contributed by atoms with Gasteiger partial charge >= 0.3 is 0 Å². The van der Waals surface area contributed by atoms with E-state index in [2.05, 4.69) is 45.2 Å². The Morgan fingerprint density at radius 2 is 2.11 bits per heavy atom. The number of methoxy groups -OCH3 is 1. The van der Waals surface area contributed by atoms with Gasteiger partial charge in [0, 0.05) is 37.8 Å². The van der Waals surface area contributed by atoms with Gasteiger partial charge in [-0.15, -0.1) is 0 Å². The van der Waals surface area contributed by atoms with E-state index >= 15 is 0 Å². The molecule has 4 rings (SSSR count). The maximum absolute atomic E-state index is 6.00. The minimum atomic E-state index is 0.183. The number of fused-ring (bicyclic) bond motifs is 1. The lowest BCUT2D eigenvalue weighted by Gasteiger charge is -2.28. The molecule has 5 nitrogen and oxygen atoms in total. The average molecular weight is 396 g/mol. The Balaban J connectivity index is 1.42. The second-order valence-corrected chi connectivity index (χ2v) is 7.40. The van der Waals surface area contributed by atoms with Crippen molar-refractivity contribution in [3.05, 3.63) is 76.3 Å². The van der Waals surface area contributed by atoms with Gasteiger partial charge in [-0.3, -0.25) is 0 Å². The highest BCUT2D eigenvalue weighted by Gasteiger charge is 2.24. The average Bonchev–Trinajstić information content (AvgIpc) is 3.11. The number of rotatable bonds is 7. The summed E-state index contributed by atoms with van der Waals surface area (Å²) in [6, 6.07) is 16.6. The van der Waals surface area contributed by atoms with Crippen LogP contribution in [0.1, 0.15) is 22.9 Å². The van der Waals surface area contributed by atoms with Crippen molar-refractivity contribution < 1.29 is 9.47 Å². The van der Waals surface area contributed by atoms with Crippen molar-refractivity contribution in [1.29, 1.82) is 0 Å². The molecule has 0 bridgehead atoms. The van der Waals surface area contributed by atoms with Gasteiger partial charge < -0.3 is 24.3 Å². The van der Waals surface area contributed by atoms with Gasteiger partial charge in [-0.2, -0.15) is 0 Å². The lowest BCUT2D eigenvalue weighted by Crippen LogP contribution is -2.27. The predicted octanol–water partition coefficient (Wildman–Crippen LogP) is 4.06. The van der Waals surface area contributed by atoms with Crippen LogP contribution in [0.15, 0.2) is 54.7 Å². The minimum absolute atomic E-state index is 0.183. The molecule has 0 fully saturated rings. The van der Waals surface area contributed by atoms with Gasteiger partial charge in [0.1, 0.15) is 18.1 Å². The van der Waals surface area contributed by atoms with E-state index in [1.807, 2.05) is 24.4 Å². The molecule has 1 atom stereocenters. The van der Waals surface area contributed by atoms with E-state index in [1.54, 1.807) is 7.11 Å². The van der Waals surface area contributed by atoms with Gasteiger partial charge in [0.05, 0.1) is 13.2 Å². The summed E-state index contributed by atoms with van der Waals surface area (Å²) in [4.78, 5) is 3.21. The molecule has 28 heavy (non-hydrogen) atoms. The van der Waals surface area contributed by atoms with Crippen LogP contribution in [0, 0.1) is 4.77 Å². The summed E-state index contributed by atoms with van der Waals surface area (Å²) in [7, 11) is 1.69. The number of nitrogens with one attached hydrogen (secondary N) is 2. The van der Waals surface area contributed by atoms with Crippen LogP contribution >= 0.6 is 12.2 Å². The summed E-state index contributed by atoms with van der Waals surface area (Å²) in [5, 5.41) is 3.51. The Hall–Kier alpha value is -2.57. The number of hydrogen-bond acceptors (Lipinski definition) is 4. The van der Waals surface area contributed by atoms with Crippen molar-refractivity contribution in [2.75, 3.05) is 20.3 Å². The molecule has 0 spiro atoms. The van der Waals surface area contributed by atoms with Crippen LogP contribution in [0.5, 0.6) is 11.5 Å². The van der Waals surface area contributed by atoms with E-state index < -0.39 is 0 Å². The smallest absolute Gasteiger partial charge is 0.177 e. The van der Waals surface area contributed by atoms with Crippen molar-refractivity contribution in [3.63, 3.8) is 0 Å². The van der Waals surface area contributed by atoms with Crippen molar-refractivity contribution in [1.82, 2.24) is 14.9 Å². The van der Waals surface area contributed by atoms with Gasteiger partial charge in [0.15, 0.2) is 4.77 Å². The zero-order valence-electron chi connectivity index (χ0n) is 16.0. The first-order valence-corrected chi connectivity index (χ1v) is 9.98. The van der Waals surface area contributed by atoms with Crippen LogP contribution in [-0.4, -0.2) is 29.8 Å². The maximum atomic E-state index is 6.00. The summed E-state index contributed by atoms with van der Waals surface area (Å²) < 4.78 is 14.3. The molecule has 0 saturated carbocycles. The molecule has 6 heteroatoms. The van der Waals surface area contributed by atoms with E-state index in [4.69, 9.17) is 21.7 Å². The quantitative estimate of drug-likeness (QED) is 0.468. The number of nitrogens with zero attached hydrogens (tertiary/aromatic N) is 1. The molecular weight excluding hydrogens is 370 g/mol. The van der Waals surface area contributed by atoms with Gasteiger partial charge in [-0.05, 0) is 41.5 Å². The summed E-state index contributed by atoms with van der Waals surface area (Å²) in [5.41, 5.74) is 3.65. The Morgan fingerprint density at radius 1 is 1.25 bits per heavy atom. The second-order valence-electron chi connectivity index (χ2n) is 7.01. The van der Waals surface area contributed by atoms with Crippen LogP contribution < -0.4 is 14.8 Å². The van der Waals surface area contributed by atoms with Crippen LogP contribution in [-0.2, 0) is 19.4 Å². The third-order valence-electron chi connectivity index (χ3n) is 5.14. The number of hydrogen-bond donors (Lipinski definition) is 2. The SMILES string of the molecule is COc1ccc2c(c1)C[C@@H](n1c(CCNCc3ccccc3)c[nH]c1=S)CO2. The Bertz CT molecular complexity index is 981. The third kappa shape index (κ3) is 4.13. The molecule has 2 aromatic carbocycles. The molecular formula is C22H25N3O2S. The zero-order valence-corrected chi connectivity index (χ0v) is 16.8.